The maximum absolute atomic E-state index is 3.56. The van der Waals surface area contributed by atoms with Crippen LogP contribution in [0.25, 0.3) is 0 Å². The molecule has 1 nitrogen and oxygen atoms in total. The highest BCUT2D eigenvalue weighted by Crippen LogP contribution is 2.14. The van der Waals surface area contributed by atoms with Crippen molar-refractivity contribution in [1.29, 1.82) is 0 Å². The number of unbranched alkanes of at least 4 members (excludes halogenated alkanes) is 10. The normalized spacial score (nSPS) is 12.8. The van der Waals surface area contributed by atoms with E-state index in [0.29, 0.717) is 0 Å². The fourth-order valence-electron chi connectivity index (χ4n) is 2.89. The van der Waals surface area contributed by atoms with Crippen molar-refractivity contribution >= 4 is 0 Å². The van der Waals surface area contributed by atoms with E-state index in [2.05, 4.69) is 32.6 Å². The summed E-state index contributed by atoms with van der Waals surface area (Å²) in [6.45, 7) is 8.84. The van der Waals surface area contributed by atoms with Gasteiger partial charge in [0.1, 0.15) is 0 Å². The Morgan fingerprint density at radius 1 is 0.650 bits per heavy atom. The molecule has 1 unspecified atom stereocenters. The standard InChI is InChI=1S/C19H40N/c1-4-7-9-11-12-14-16-18-19(20-6-3)17-15-13-10-8-5-2/h6,19-20H,4-5,7-18H2,1-3H3. The van der Waals surface area contributed by atoms with Gasteiger partial charge in [0.25, 0.3) is 0 Å². The first-order valence-corrected chi connectivity index (χ1v) is 9.39. The summed E-state index contributed by atoms with van der Waals surface area (Å²) < 4.78 is 0. The Morgan fingerprint density at radius 3 is 1.45 bits per heavy atom. The van der Waals surface area contributed by atoms with Gasteiger partial charge in [-0.15, -0.1) is 0 Å². The Balaban J connectivity index is 3.44. The number of nitrogens with one attached hydrogen (secondary N) is 1. The van der Waals surface area contributed by atoms with Gasteiger partial charge in [0.2, 0.25) is 0 Å². The number of rotatable bonds is 16. The van der Waals surface area contributed by atoms with Crippen LogP contribution in [0.1, 0.15) is 111 Å². The molecule has 0 aliphatic heterocycles. The van der Waals surface area contributed by atoms with Crippen LogP contribution in [0.2, 0.25) is 0 Å². The van der Waals surface area contributed by atoms with Crippen molar-refractivity contribution < 1.29 is 0 Å². The van der Waals surface area contributed by atoms with Gasteiger partial charge in [0.05, 0.1) is 0 Å². The third-order valence-electron chi connectivity index (χ3n) is 4.21. The van der Waals surface area contributed by atoms with Crippen LogP contribution in [0.5, 0.6) is 0 Å². The molecule has 0 aromatic heterocycles. The fourth-order valence-corrected chi connectivity index (χ4v) is 2.89. The molecule has 1 radical (unpaired) electrons. The van der Waals surface area contributed by atoms with Crippen LogP contribution < -0.4 is 5.32 Å². The molecule has 121 valence electrons. The van der Waals surface area contributed by atoms with Crippen LogP contribution in [0.3, 0.4) is 0 Å². The molecule has 0 saturated heterocycles. The van der Waals surface area contributed by atoms with E-state index >= 15 is 0 Å². The second-order valence-corrected chi connectivity index (χ2v) is 6.27. The summed E-state index contributed by atoms with van der Waals surface area (Å²) in [5.41, 5.74) is 0. The predicted molar refractivity (Wildman–Crippen MR) is 92.9 cm³/mol. The van der Waals surface area contributed by atoms with E-state index < -0.39 is 0 Å². The summed E-state index contributed by atoms with van der Waals surface area (Å²) in [6.07, 6.45) is 19.7. The van der Waals surface area contributed by atoms with E-state index in [0.717, 1.165) is 6.04 Å². The molecule has 0 aromatic rings. The molecule has 0 heterocycles. The lowest BCUT2D eigenvalue weighted by Gasteiger charge is -2.17. The zero-order valence-electron chi connectivity index (χ0n) is 14.6. The summed E-state index contributed by atoms with van der Waals surface area (Å²) in [4.78, 5) is 0. The maximum atomic E-state index is 3.56. The zero-order chi connectivity index (χ0) is 14.9. The predicted octanol–water partition coefficient (Wildman–Crippen LogP) is 6.63. The molecule has 0 fully saturated rings. The van der Waals surface area contributed by atoms with E-state index in [-0.39, 0.29) is 0 Å². The van der Waals surface area contributed by atoms with Crippen LogP contribution in [-0.2, 0) is 0 Å². The zero-order valence-corrected chi connectivity index (χ0v) is 14.6. The SMILES string of the molecule is C[CH]NC(CCCCCCC)CCCCCCCCC. The lowest BCUT2D eigenvalue weighted by Crippen LogP contribution is -2.25. The van der Waals surface area contributed by atoms with Crippen LogP contribution in [0.15, 0.2) is 0 Å². The van der Waals surface area contributed by atoms with Gasteiger partial charge in [-0.2, -0.15) is 0 Å². The highest BCUT2D eigenvalue weighted by atomic mass is 14.9. The van der Waals surface area contributed by atoms with Crippen molar-refractivity contribution in [1.82, 2.24) is 5.32 Å². The molecule has 0 amide bonds. The van der Waals surface area contributed by atoms with Crippen molar-refractivity contribution in [2.45, 2.75) is 117 Å². The number of hydrogen-bond donors (Lipinski definition) is 1. The molecule has 0 bridgehead atoms. The van der Waals surface area contributed by atoms with Gasteiger partial charge in [-0.1, -0.05) is 90.9 Å². The highest BCUT2D eigenvalue weighted by molar-refractivity contribution is 4.70. The molecule has 1 atom stereocenters. The molecule has 0 spiro atoms. The molecular formula is C19H40N. The third-order valence-corrected chi connectivity index (χ3v) is 4.21. The highest BCUT2D eigenvalue weighted by Gasteiger charge is 2.06. The van der Waals surface area contributed by atoms with Gasteiger partial charge in [0.15, 0.2) is 0 Å². The van der Waals surface area contributed by atoms with Crippen molar-refractivity contribution in [2.75, 3.05) is 0 Å². The summed E-state index contributed by atoms with van der Waals surface area (Å²) in [7, 11) is 0. The van der Waals surface area contributed by atoms with E-state index in [1.807, 2.05) is 0 Å². The first-order chi connectivity index (χ1) is 9.85. The van der Waals surface area contributed by atoms with Gasteiger partial charge in [-0.05, 0) is 19.8 Å². The average Bonchev–Trinajstić information content (AvgIpc) is 2.46. The third kappa shape index (κ3) is 14.4. The molecule has 1 N–H and O–H groups in total. The Hall–Kier alpha value is -0.0400. The van der Waals surface area contributed by atoms with Crippen molar-refractivity contribution in [3.8, 4) is 0 Å². The Bertz CT molecular complexity index is 167. The monoisotopic (exact) mass is 282 g/mol. The molecule has 1 heteroatoms. The van der Waals surface area contributed by atoms with Gasteiger partial charge in [-0.3, -0.25) is 0 Å². The maximum Gasteiger partial charge on any atom is 0.0192 e. The molecule has 20 heavy (non-hydrogen) atoms. The van der Waals surface area contributed by atoms with Crippen LogP contribution in [0.4, 0.5) is 0 Å². The summed E-state index contributed by atoms with van der Waals surface area (Å²) >= 11 is 0. The molecule has 0 saturated carbocycles. The average molecular weight is 283 g/mol. The topological polar surface area (TPSA) is 12.0 Å². The minimum Gasteiger partial charge on any atom is -0.310 e. The lowest BCUT2D eigenvalue weighted by atomic mass is 10.00. The molecule has 0 aromatic carbocycles. The van der Waals surface area contributed by atoms with Gasteiger partial charge in [0, 0.05) is 12.6 Å². The van der Waals surface area contributed by atoms with Crippen molar-refractivity contribution in [2.24, 2.45) is 0 Å². The minimum absolute atomic E-state index is 0.734. The molecular weight excluding hydrogens is 242 g/mol. The Kier molecular flexibility index (Phi) is 17.0. The first-order valence-electron chi connectivity index (χ1n) is 9.39. The van der Waals surface area contributed by atoms with E-state index in [9.17, 15) is 0 Å². The second-order valence-electron chi connectivity index (χ2n) is 6.27. The minimum atomic E-state index is 0.734. The van der Waals surface area contributed by atoms with Gasteiger partial charge < -0.3 is 5.32 Å². The van der Waals surface area contributed by atoms with Crippen LogP contribution >= 0.6 is 0 Å². The summed E-state index contributed by atoms with van der Waals surface area (Å²) in [6, 6.07) is 0.734. The van der Waals surface area contributed by atoms with Crippen LogP contribution in [-0.4, -0.2) is 6.04 Å². The largest absolute Gasteiger partial charge is 0.310 e. The smallest absolute Gasteiger partial charge is 0.0192 e. The molecule has 0 aliphatic carbocycles. The first kappa shape index (κ1) is 20.0. The van der Waals surface area contributed by atoms with E-state index in [4.69, 9.17) is 0 Å². The quantitative estimate of drug-likeness (QED) is 0.313. The van der Waals surface area contributed by atoms with Crippen molar-refractivity contribution in [3.63, 3.8) is 0 Å². The van der Waals surface area contributed by atoms with Crippen molar-refractivity contribution in [3.05, 3.63) is 6.54 Å². The lowest BCUT2D eigenvalue weighted by molar-refractivity contribution is 0.436. The molecule has 0 rings (SSSR count). The summed E-state index contributed by atoms with van der Waals surface area (Å²) in [5.74, 6) is 0. The van der Waals surface area contributed by atoms with Gasteiger partial charge >= 0.3 is 0 Å². The second kappa shape index (κ2) is 17.0. The summed E-state index contributed by atoms with van der Waals surface area (Å²) in [5, 5.41) is 3.56. The molecule has 0 aliphatic rings. The van der Waals surface area contributed by atoms with Gasteiger partial charge in [-0.25, -0.2) is 0 Å². The van der Waals surface area contributed by atoms with E-state index in [1.54, 1.807) is 0 Å². The van der Waals surface area contributed by atoms with Crippen LogP contribution in [0, 0.1) is 6.54 Å². The Morgan fingerprint density at radius 2 is 1.05 bits per heavy atom. The Labute approximate surface area is 129 Å². The van der Waals surface area contributed by atoms with E-state index in [1.165, 1.54) is 89.9 Å². The fraction of sp³-hybridized carbons (Fsp3) is 0.947. The number of hydrogen-bond acceptors (Lipinski definition) is 1.